The molecular weight excluding hydrogens is 214 g/mol. The zero-order valence-corrected chi connectivity index (χ0v) is 11.7. The maximum Gasteiger partial charge on any atom is 0.271 e. The van der Waals surface area contributed by atoms with Gasteiger partial charge in [0, 0.05) is 23.1 Å². The molecule has 0 atom stereocenters. The average Bonchev–Trinajstić information content (AvgIpc) is 2.14. The van der Waals surface area contributed by atoms with Gasteiger partial charge in [-0.25, -0.2) is 4.68 Å². The van der Waals surface area contributed by atoms with Crippen molar-refractivity contribution in [2.24, 2.45) is 5.73 Å². The molecule has 0 fully saturated rings. The summed E-state index contributed by atoms with van der Waals surface area (Å²) in [6.07, 6.45) is 0. The van der Waals surface area contributed by atoms with Crippen LogP contribution in [0.25, 0.3) is 0 Å². The quantitative estimate of drug-likeness (QED) is 0.852. The highest BCUT2D eigenvalue weighted by Crippen LogP contribution is 2.22. The zero-order chi connectivity index (χ0) is 13.4. The molecule has 0 aliphatic carbocycles. The van der Waals surface area contributed by atoms with Gasteiger partial charge in [0.2, 0.25) is 0 Å². The zero-order valence-electron chi connectivity index (χ0n) is 11.7. The summed E-state index contributed by atoms with van der Waals surface area (Å²) < 4.78 is 1.49. The van der Waals surface area contributed by atoms with Gasteiger partial charge in [0.05, 0.1) is 5.69 Å². The van der Waals surface area contributed by atoms with E-state index in [0.717, 1.165) is 5.69 Å². The third-order valence-electron chi connectivity index (χ3n) is 2.74. The van der Waals surface area contributed by atoms with E-state index in [4.69, 9.17) is 5.73 Å². The Balaban J connectivity index is 3.57. The lowest BCUT2D eigenvalue weighted by molar-refractivity contribution is 0.478. The predicted molar refractivity (Wildman–Crippen MR) is 70.1 cm³/mol. The van der Waals surface area contributed by atoms with E-state index in [1.54, 1.807) is 0 Å². The minimum Gasteiger partial charge on any atom is -0.322 e. The van der Waals surface area contributed by atoms with Crippen LogP contribution in [0.3, 0.4) is 0 Å². The van der Waals surface area contributed by atoms with Crippen molar-refractivity contribution in [1.29, 1.82) is 0 Å². The highest BCUT2D eigenvalue weighted by molar-refractivity contribution is 5.24. The number of hydrogen-bond donors (Lipinski definition) is 1. The van der Waals surface area contributed by atoms with Crippen molar-refractivity contribution in [3.8, 4) is 0 Å². The number of rotatable bonds is 2. The molecular formula is C13H23N3O. The SMILES string of the molecule is CCn1nc(C(C)(C)C)cc(C(C)(C)N)c1=O. The Morgan fingerprint density at radius 2 is 1.82 bits per heavy atom. The standard InChI is InChI=1S/C13H23N3O/c1-7-16-11(17)9(13(5,6)14)8-10(15-16)12(2,3)4/h8H,7,14H2,1-6H3. The summed E-state index contributed by atoms with van der Waals surface area (Å²) in [6.45, 7) is 12.4. The van der Waals surface area contributed by atoms with Crippen LogP contribution in [0.4, 0.5) is 0 Å². The Labute approximate surface area is 103 Å². The van der Waals surface area contributed by atoms with Crippen molar-refractivity contribution in [3.63, 3.8) is 0 Å². The van der Waals surface area contributed by atoms with Crippen LogP contribution in [0, 0.1) is 0 Å². The molecule has 17 heavy (non-hydrogen) atoms. The normalized spacial score (nSPS) is 12.9. The molecule has 1 aromatic heterocycles. The van der Waals surface area contributed by atoms with Gasteiger partial charge in [-0.05, 0) is 26.8 Å². The van der Waals surface area contributed by atoms with Crippen molar-refractivity contribution in [1.82, 2.24) is 9.78 Å². The van der Waals surface area contributed by atoms with Crippen LogP contribution in [0.2, 0.25) is 0 Å². The first-order chi connectivity index (χ1) is 7.57. The highest BCUT2D eigenvalue weighted by atomic mass is 16.1. The molecule has 4 nitrogen and oxygen atoms in total. The Bertz CT molecular complexity index is 461. The maximum absolute atomic E-state index is 12.1. The van der Waals surface area contributed by atoms with E-state index in [9.17, 15) is 4.79 Å². The molecule has 1 rings (SSSR count). The number of hydrogen-bond acceptors (Lipinski definition) is 3. The molecule has 0 aliphatic heterocycles. The number of nitrogens with zero attached hydrogens (tertiary/aromatic N) is 2. The summed E-state index contributed by atoms with van der Waals surface area (Å²) >= 11 is 0. The molecule has 1 aromatic rings. The van der Waals surface area contributed by atoms with E-state index in [2.05, 4.69) is 25.9 Å². The van der Waals surface area contributed by atoms with Crippen molar-refractivity contribution < 1.29 is 0 Å². The molecule has 1 heterocycles. The lowest BCUT2D eigenvalue weighted by Gasteiger charge is -2.24. The van der Waals surface area contributed by atoms with Crippen molar-refractivity contribution >= 4 is 0 Å². The second-order valence-corrected chi connectivity index (χ2v) is 6.04. The van der Waals surface area contributed by atoms with E-state index < -0.39 is 5.54 Å². The monoisotopic (exact) mass is 237 g/mol. The van der Waals surface area contributed by atoms with Gasteiger partial charge in [-0.15, -0.1) is 0 Å². The molecule has 0 spiro atoms. The van der Waals surface area contributed by atoms with Crippen molar-refractivity contribution in [2.75, 3.05) is 0 Å². The van der Waals surface area contributed by atoms with Gasteiger partial charge in [0.25, 0.3) is 5.56 Å². The van der Waals surface area contributed by atoms with Gasteiger partial charge >= 0.3 is 0 Å². The molecule has 0 aliphatic rings. The summed E-state index contributed by atoms with van der Waals surface area (Å²) in [5.74, 6) is 0. The van der Waals surface area contributed by atoms with Crippen molar-refractivity contribution in [3.05, 3.63) is 27.7 Å². The second kappa shape index (κ2) is 4.26. The third-order valence-corrected chi connectivity index (χ3v) is 2.74. The van der Waals surface area contributed by atoms with Gasteiger partial charge in [0.1, 0.15) is 0 Å². The van der Waals surface area contributed by atoms with E-state index in [-0.39, 0.29) is 11.0 Å². The van der Waals surface area contributed by atoms with Gasteiger partial charge in [-0.2, -0.15) is 5.10 Å². The Morgan fingerprint density at radius 3 is 2.18 bits per heavy atom. The Hall–Kier alpha value is -1.16. The first-order valence-electron chi connectivity index (χ1n) is 5.99. The Morgan fingerprint density at radius 1 is 1.29 bits per heavy atom. The smallest absolute Gasteiger partial charge is 0.271 e. The highest BCUT2D eigenvalue weighted by Gasteiger charge is 2.24. The molecule has 0 unspecified atom stereocenters. The summed E-state index contributed by atoms with van der Waals surface area (Å²) in [5.41, 5.74) is 6.75. The van der Waals surface area contributed by atoms with Crippen LogP contribution in [0.15, 0.2) is 10.9 Å². The fourth-order valence-corrected chi connectivity index (χ4v) is 1.58. The summed E-state index contributed by atoms with van der Waals surface area (Å²) in [6, 6.07) is 1.84. The molecule has 0 bridgehead atoms. The van der Waals surface area contributed by atoms with Crippen LogP contribution in [-0.2, 0) is 17.5 Å². The van der Waals surface area contributed by atoms with Crippen molar-refractivity contribution in [2.45, 2.75) is 59.0 Å². The van der Waals surface area contributed by atoms with Crippen LogP contribution in [0.5, 0.6) is 0 Å². The predicted octanol–water partition coefficient (Wildman–Crippen LogP) is 1.75. The third kappa shape index (κ3) is 2.94. The first-order valence-corrected chi connectivity index (χ1v) is 5.99. The largest absolute Gasteiger partial charge is 0.322 e. The minimum absolute atomic E-state index is 0.0898. The molecule has 4 heteroatoms. The number of nitrogens with two attached hydrogens (primary N) is 1. The molecule has 0 aromatic carbocycles. The van der Waals surface area contributed by atoms with E-state index in [0.29, 0.717) is 12.1 Å². The maximum atomic E-state index is 12.1. The van der Waals surface area contributed by atoms with Gasteiger partial charge in [0.15, 0.2) is 0 Å². The summed E-state index contributed by atoms with van der Waals surface area (Å²) in [4.78, 5) is 12.1. The van der Waals surface area contributed by atoms with Gasteiger partial charge < -0.3 is 5.73 Å². The fraction of sp³-hybridized carbons (Fsp3) is 0.692. The molecule has 0 amide bonds. The van der Waals surface area contributed by atoms with Crippen LogP contribution < -0.4 is 11.3 Å². The number of aromatic nitrogens is 2. The Kier molecular flexibility index (Phi) is 3.48. The van der Waals surface area contributed by atoms with Gasteiger partial charge in [-0.3, -0.25) is 4.79 Å². The molecule has 0 saturated heterocycles. The van der Waals surface area contributed by atoms with E-state index in [1.165, 1.54) is 4.68 Å². The average molecular weight is 237 g/mol. The van der Waals surface area contributed by atoms with E-state index in [1.807, 2.05) is 26.8 Å². The minimum atomic E-state index is -0.642. The molecule has 0 saturated carbocycles. The second-order valence-electron chi connectivity index (χ2n) is 6.04. The van der Waals surface area contributed by atoms with Gasteiger partial charge in [-0.1, -0.05) is 20.8 Å². The molecule has 96 valence electrons. The van der Waals surface area contributed by atoms with Crippen LogP contribution >= 0.6 is 0 Å². The number of aryl methyl sites for hydroxylation is 1. The lowest BCUT2D eigenvalue weighted by Crippen LogP contribution is -2.40. The fourth-order valence-electron chi connectivity index (χ4n) is 1.58. The summed E-state index contributed by atoms with van der Waals surface area (Å²) in [7, 11) is 0. The molecule has 0 radical (unpaired) electrons. The van der Waals surface area contributed by atoms with Crippen LogP contribution in [-0.4, -0.2) is 9.78 Å². The van der Waals surface area contributed by atoms with E-state index >= 15 is 0 Å². The van der Waals surface area contributed by atoms with Crippen LogP contribution in [0.1, 0.15) is 52.8 Å². The topological polar surface area (TPSA) is 60.9 Å². The lowest BCUT2D eigenvalue weighted by atomic mass is 9.88. The first kappa shape index (κ1) is 13.9. The molecule has 2 N–H and O–H groups in total. The summed E-state index contributed by atoms with van der Waals surface area (Å²) in [5, 5.41) is 4.38.